The fourth-order valence-electron chi connectivity index (χ4n) is 11.7. The number of methoxy groups -OCH3 is 1. The van der Waals surface area contributed by atoms with E-state index in [0.29, 0.717) is 11.3 Å². The van der Waals surface area contributed by atoms with Crippen LogP contribution >= 0.6 is 7.60 Å². The Bertz CT molecular complexity index is 1220. The van der Waals surface area contributed by atoms with Gasteiger partial charge in [-0.25, -0.2) is 4.79 Å². The van der Waals surface area contributed by atoms with Crippen LogP contribution in [0.4, 0.5) is 4.79 Å². The number of nitrogens with zero attached hydrogens (tertiary/aromatic N) is 1. The second kappa shape index (κ2) is 12.8. The predicted molar refractivity (Wildman–Crippen MR) is 180 cm³/mol. The molecule has 1 N–H and O–H groups in total. The molecule has 0 aromatic heterocycles. The molecule has 1 amide bonds. The topological polar surface area (TPSA) is 94.5 Å². The molecule has 2 aliphatic heterocycles. The second-order valence-corrected chi connectivity index (χ2v) is 18.9. The van der Waals surface area contributed by atoms with Crippen molar-refractivity contribution in [1.82, 2.24) is 4.90 Å². The van der Waals surface area contributed by atoms with E-state index in [1.54, 1.807) is 0 Å². The predicted octanol–water partition coefficient (Wildman–Crippen LogP) is 7.33. The SMILES string of the molecule is [B]C1O[C@]2(COC)CN(C(=O)O[C@H]3CC[C@@]4(C)C(=CCC5C6CCC([C@@H](C)CCCC(C)C)[C@@]6(C)CCC54)C3)C1C2OP(C)(=O)O. The van der Waals surface area contributed by atoms with Gasteiger partial charge in [-0.2, -0.15) is 0 Å². The van der Waals surface area contributed by atoms with Crippen molar-refractivity contribution in [2.45, 2.75) is 135 Å². The van der Waals surface area contributed by atoms with Crippen molar-refractivity contribution in [3.63, 3.8) is 0 Å². The van der Waals surface area contributed by atoms with Crippen LogP contribution in [0.2, 0.25) is 0 Å². The Hall–Kier alpha value is -0.855. The van der Waals surface area contributed by atoms with E-state index in [1.165, 1.54) is 62.5 Å². The first-order chi connectivity index (χ1) is 21.6. The molecule has 10 heteroatoms. The minimum atomic E-state index is -3.88. The molecule has 13 atom stereocenters. The van der Waals surface area contributed by atoms with Crippen molar-refractivity contribution >= 4 is 21.5 Å². The lowest BCUT2D eigenvalue weighted by Gasteiger charge is -2.58. The molecule has 258 valence electrons. The number of hydrogen-bond donors (Lipinski definition) is 1. The van der Waals surface area contributed by atoms with Gasteiger partial charge in [0, 0.05) is 26.2 Å². The van der Waals surface area contributed by atoms with Crippen LogP contribution in [-0.2, 0) is 23.3 Å². The third-order valence-electron chi connectivity index (χ3n) is 13.8. The molecule has 2 saturated heterocycles. The van der Waals surface area contributed by atoms with Crippen molar-refractivity contribution in [3.05, 3.63) is 11.6 Å². The van der Waals surface area contributed by atoms with Crippen LogP contribution < -0.4 is 0 Å². The van der Waals surface area contributed by atoms with E-state index in [0.717, 1.165) is 61.9 Å². The van der Waals surface area contributed by atoms with Crippen LogP contribution in [0, 0.1) is 46.3 Å². The highest BCUT2D eigenvalue weighted by Crippen LogP contribution is 2.67. The Balaban J connectivity index is 1.11. The molecule has 0 aromatic carbocycles. The second-order valence-electron chi connectivity index (χ2n) is 17.1. The smallest absolute Gasteiger partial charge is 0.410 e. The molecule has 0 aromatic rings. The molecule has 8 nitrogen and oxygen atoms in total. The summed E-state index contributed by atoms with van der Waals surface area (Å²) in [6.45, 7) is 13.7. The van der Waals surface area contributed by atoms with Gasteiger partial charge in [-0.05, 0) is 91.3 Å². The van der Waals surface area contributed by atoms with Gasteiger partial charge in [0.2, 0.25) is 0 Å². The Labute approximate surface area is 279 Å². The summed E-state index contributed by atoms with van der Waals surface area (Å²) in [7, 11) is 3.94. The molecule has 5 fully saturated rings. The number of rotatable bonds is 10. The average molecular weight is 660 g/mol. The number of hydrogen-bond acceptors (Lipinski definition) is 6. The highest BCUT2D eigenvalue weighted by atomic mass is 31.2. The monoisotopic (exact) mass is 659 g/mol. The average Bonchev–Trinajstić information content (AvgIpc) is 3.55. The summed E-state index contributed by atoms with van der Waals surface area (Å²) in [5.41, 5.74) is 1.00. The van der Waals surface area contributed by atoms with E-state index in [1.807, 2.05) is 0 Å². The summed E-state index contributed by atoms with van der Waals surface area (Å²) in [6, 6.07) is -1.59. The minimum Gasteiger partial charge on any atom is -0.446 e. The van der Waals surface area contributed by atoms with Gasteiger partial charge in [0.25, 0.3) is 0 Å². The summed E-state index contributed by atoms with van der Waals surface area (Å²) in [5.74, 6) is 4.75. The minimum absolute atomic E-state index is 0.0840. The number of ether oxygens (including phenoxy) is 3. The van der Waals surface area contributed by atoms with Crippen LogP contribution in [0.1, 0.15) is 105 Å². The maximum Gasteiger partial charge on any atom is 0.410 e. The van der Waals surface area contributed by atoms with E-state index in [9.17, 15) is 14.3 Å². The molecule has 0 spiro atoms. The zero-order valence-electron chi connectivity index (χ0n) is 29.4. The fraction of sp³-hybridized carbons (Fsp3) is 0.917. The van der Waals surface area contributed by atoms with Gasteiger partial charge < -0.3 is 23.6 Å². The number of likely N-dealkylation sites (tertiary alicyclic amines) is 1. The summed E-state index contributed by atoms with van der Waals surface area (Å²) in [4.78, 5) is 25.2. The summed E-state index contributed by atoms with van der Waals surface area (Å²) in [6.07, 6.45) is 14.3. The maximum absolute atomic E-state index is 13.7. The van der Waals surface area contributed by atoms with Crippen LogP contribution in [-0.4, -0.2) is 80.5 Å². The first kappa shape index (κ1) is 35.0. The van der Waals surface area contributed by atoms with Crippen molar-refractivity contribution < 1.29 is 33.0 Å². The molecular formula is C36H59BNO7P. The largest absolute Gasteiger partial charge is 0.446 e. The molecule has 3 saturated carbocycles. The Morgan fingerprint density at radius 3 is 2.61 bits per heavy atom. The number of morpholine rings is 1. The third kappa shape index (κ3) is 6.09. The maximum atomic E-state index is 13.7. The number of amides is 1. The number of carbonyl (C=O) groups is 1. The van der Waals surface area contributed by atoms with E-state index in [4.69, 9.17) is 26.6 Å². The first-order valence-corrected chi connectivity index (χ1v) is 20.2. The molecule has 2 radical (unpaired) electrons. The Morgan fingerprint density at radius 2 is 1.91 bits per heavy atom. The van der Waals surface area contributed by atoms with Gasteiger partial charge in [0.05, 0.1) is 19.2 Å². The molecule has 4 aliphatic carbocycles. The lowest BCUT2D eigenvalue weighted by molar-refractivity contribution is -0.111. The lowest BCUT2D eigenvalue weighted by Crippen LogP contribution is -2.53. The third-order valence-corrected chi connectivity index (χ3v) is 14.4. The van der Waals surface area contributed by atoms with Gasteiger partial charge in [-0.15, -0.1) is 0 Å². The van der Waals surface area contributed by atoms with Crippen molar-refractivity contribution in [1.29, 1.82) is 0 Å². The first-order valence-electron chi connectivity index (χ1n) is 18.2. The molecule has 8 unspecified atom stereocenters. The quantitative estimate of drug-likeness (QED) is 0.149. The highest BCUT2D eigenvalue weighted by molar-refractivity contribution is 7.51. The van der Waals surface area contributed by atoms with Crippen molar-refractivity contribution in [2.24, 2.45) is 46.3 Å². The number of allylic oxidation sites excluding steroid dienone is 1. The van der Waals surface area contributed by atoms with Gasteiger partial charge in [0.15, 0.2) is 0 Å². The molecule has 2 heterocycles. The van der Waals surface area contributed by atoms with E-state index in [2.05, 4.69) is 40.7 Å². The molecule has 2 bridgehead atoms. The Kier molecular flexibility index (Phi) is 9.73. The van der Waals surface area contributed by atoms with Gasteiger partial charge in [-0.1, -0.05) is 65.5 Å². The van der Waals surface area contributed by atoms with Gasteiger partial charge in [-0.3, -0.25) is 9.46 Å². The van der Waals surface area contributed by atoms with Crippen LogP contribution in [0.25, 0.3) is 0 Å². The summed E-state index contributed by atoms with van der Waals surface area (Å²) >= 11 is 0. The van der Waals surface area contributed by atoms with Crippen molar-refractivity contribution in [2.75, 3.05) is 26.9 Å². The summed E-state index contributed by atoms with van der Waals surface area (Å²) < 4.78 is 35.3. The van der Waals surface area contributed by atoms with Gasteiger partial charge in [0.1, 0.15) is 25.7 Å². The number of carbonyl (C=O) groups excluding carboxylic acids is 1. The summed E-state index contributed by atoms with van der Waals surface area (Å²) in [5, 5.41) is 0. The fourth-order valence-corrected chi connectivity index (χ4v) is 12.4. The van der Waals surface area contributed by atoms with Crippen LogP contribution in [0.15, 0.2) is 11.6 Å². The molecule has 6 rings (SSSR count). The van der Waals surface area contributed by atoms with E-state index < -0.39 is 37.4 Å². The van der Waals surface area contributed by atoms with E-state index in [-0.39, 0.29) is 24.7 Å². The van der Waals surface area contributed by atoms with E-state index >= 15 is 0 Å². The molecule has 46 heavy (non-hydrogen) atoms. The van der Waals surface area contributed by atoms with Crippen LogP contribution in [0.3, 0.4) is 0 Å². The Morgan fingerprint density at radius 1 is 1.15 bits per heavy atom. The van der Waals surface area contributed by atoms with Crippen molar-refractivity contribution in [3.8, 4) is 0 Å². The zero-order chi connectivity index (χ0) is 33.2. The molecule has 6 aliphatic rings. The standard InChI is InChI=1S/C36H59BNO7P/c1-22(2)9-8-10-23(3)27-13-14-28-26-12-11-24-19-25(15-17-34(24,4)29(26)16-18-35(27,28)5)43-33(39)38-20-36(21-42-6)31(45-46(7,40)41)30(38)32(37)44-36/h11,22-23,25-32H,8-10,12-21H2,1-7H3,(H,40,41)/t23-,25-,26?,27?,28?,29?,30?,31?,32?,34-,35+,36-/m0/s1. The van der Waals surface area contributed by atoms with Gasteiger partial charge >= 0.3 is 13.7 Å². The van der Waals surface area contributed by atoms with Crippen LogP contribution in [0.5, 0.6) is 0 Å². The normalized spacial score (nSPS) is 45.1. The number of fused-ring (bicyclic) bond motifs is 7. The lowest BCUT2D eigenvalue weighted by atomic mass is 9.47. The zero-order valence-corrected chi connectivity index (χ0v) is 30.3. The molecular weight excluding hydrogens is 600 g/mol. The highest BCUT2D eigenvalue weighted by Gasteiger charge is 2.66.